The summed E-state index contributed by atoms with van der Waals surface area (Å²) in [4.78, 5) is 8.74. The Morgan fingerprint density at radius 1 is 1.33 bits per heavy atom. The van der Waals surface area contributed by atoms with E-state index in [0.29, 0.717) is 5.56 Å². The zero-order chi connectivity index (χ0) is 14.5. The van der Waals surface area contributed by atoms with E-state index in [2.05, 4.69) is 31.6 Å². The summed E-state index contributed by atoms with van der Waals surface area (Å²) in [6, 6.07) is 4.25. The number of nitriles is 1. The average molecular weight is 282 g/mol. The van der Waals surface area contributed by atoms with E-state index < -0.39 is 0 Å². The van der Waals surface area contributed by atoms with Crippen molar-refractivity contribution in [2.45, 2.75) is 38.5 Å². The van der Waals surface area contributed by atoms with Crippen LogP contribution in [0, 0.1) is 11.3 Å². The number of hydrogen-bond acceptors (Lipinski definition) is 5. The van der Waals surface area contributed by atoms with Crippen LogP contribution in [-0.4, -0.2) is 26.7 Å². The molecule has 6 heteroatoms. The summed E-state index contributed by atoms with van der Waals surface area (Å²) in [6.07, 6.45) is 7.72. The van der Waals surface area contributed by atoms with Gasteiger partial charge in [0.05, 0.1) is 5.56 Å². The molecule has 1 aliphatic rings. The van der Waals surface area contributed by atoms with Crippen molar-refractivity contribution in [3.63, 3.8) is 0 Å². The van der Waals surface area contributed by atoms with Crippen LogP contribution in [0.25, 0.3) is 0 Å². The summed E-state index contributed by atoms with van der Waals surface area (Å²) in [5.41, 5.74) is 3.04. The summed E-state index contributed by atoms with van der Waals surface area (Å²) in [5, 5.41) is 19.2. The molecule has 0 aliphatic heterocycles. The van der Waals surface area contributed by atoms with Crippen molar-refractivity contribution in [2.24, 2.45) is 0 Å². The topological polar surface area (TPSA) is 90.3 Å². The Labute approximate surface area is 123 Å². The van der Waals surface area contributed by atoms with E-state index >= 15 is 0 Å². The lowest BCUT2D eigenvalue weighted by molar-refractivity contribution is 0.667. The van der Waals surface area contributed by atoms with Crippen LogP contribution >= 0.6 is 0 Å². The van der Waals surface area contributed by atoms with Gasteiger partial charge in [-0.25, -0.2) is 9.97 Å². The Balaban J connectivity index is 1.63. The van der Waals surface area contributed by atoms with E-state index in [9.17, 15) is 5.26 Å². The molecule has 0 saturated heterocycles. The van der Waals surface area contributed by atoms with E-state index in [-0.39, 0.29) is 0 Å². The molecule has 6 nitrogen and oxygen atoms in total. The van der Waals surface area contributed by atoms with Crippen molar-refractivity contribution in [3.8, 4) is 6.07 Å². The number of H-pyrrole nitrogens is 1. The van der Waals surface area contributed by atoms with Crippen molar-refractivity contribution in [3.05, 3.63) is 35.0 Å². The van der Waals surface area contributed by atoms with E-state index in [1.807, 2.05) is 6.07 Å². The van der Waals surface area contributed by atoms with E-state index in [0.717, 1.165) is 49.6 Å². The maximum atomic E-state index is 9.27. The molecule has 3 rings (SSSR count). The van der Waals surface area contributed by atoms with Crippen molar-refractivity contribution in [1.29, 1.82) is 5.26 Å². The van der Waals surface area contributed by atoms with Crippen molar-refractivity contribution in [1.82, 2.24) is 20.2 Å². The van der Waals surface area contributed by atoms with Crippen molar-refractivity contribution < 1.29 is 0 Å². The summed E-state index contributed by atoms with van der Waals surface area (Å²) < 4.78 is 0. The number of aryl methyl sites for hydroxylation is 3. The van der Waals surface area contributed by atoms with Crippen molar-refractivity contribution >= 4 is 5.82 Å². The van der Waals surface area contributed by atoms with Gasteiger partial charge in [-0.15, -0.1) is 0 Å². The van der Waals surface area contributed by atoms with Crippen LogP contribution in [0.5, 0.6) is 0 Å². The Morgan fingerprint density at radius 2 is 2.24 bits per heavy atom. The molecule has 0 amide bonds. The zero-order valence-electron chi connectivity index (χ0n) is 11.9. The number of anilines is 1. The first-order chi connectivity index (χ1) is 10.4. The molecule has 2 aromatic rings. The van der Waals surface area contributed by atoms with Crippen LogP contribution in [0.3, 0.4) is 0 Å². The van der Waals surface area contributed by atoms with Crippen LogP contribution in [0.15, 0.2) is 12.4 Å². The molecule has 2 N–H and O–H groups in total. The highest BCUT2D eigenvalue weighted by Crippen LogP contribution is 2.24. The summed E-state index contributed by atoms with van der Waals surface area (Å²) >= 11 is 0. The second-order valence-corrected chi connectivity index (χ2v) is 5.27. The Bertz CT molecular complexity index is 641. The van der Waals surface area contributed by atoms with Gasteiger partial charge in [0.1, 0.15) is 24.0 Å². The highest BCUT2D eigenvalue weighted by atomic mass is 15.2. The lowest BCUT2D eigenvalue weighted by Gasteiger charge is -2.17. The van der Waals surface area contributed by atoms with E-state index in [1.165, 1.54) is 24.7 Å². The average Bonchev–Trinajstić information content (AvgIpc) is 3.04. The second-order valence-electron chi connectivity index (χ2n) is 5.27. The highest BCUT2D eigenvalue weighted by Gasteiger charge is 2.14. The number of rotatable bonds is 5. The third-order valence-corrected chi connectivity index (χ3v) is 3.77. The number of nitrogens with zero attached hydrogens (tertiary/aromatic N) is 4. The molecule has 0 unspecified atom stereocenters. The molecule has 108 valence electrons. The largest absolute Gasteiger partial charge is 0.369 e. The molecule has 2 aromatic heterocycles. The Kier molecular flexibility index (Phi) is 4.10. The van der Waals surface area contributed by atoms with Crippen LogP contribution in [0.4, 0.5) is 5.82 Å². The Hall–Kier alpha value is -2.42. The van der Waals surface area contributed by atoms with Crippen molar-refractivity contribution in [2.75, 3.05) is 11.9 Å². The minimum atomic E-state index is 0.648. The van der Waals surface area contributed by atoms with Gasteiger partial charge in [-0.05, 0) is 43.7 Å². The van der Waals surface area contributed by atoms with Crippen LogP contribution in [0.2, 0.25) is 0 Å². The van der Waals surface area contributed by atoms with Gasteiger partial charge < -0.3 is 5.32 Å². The monoisotopic (exact) mass is 282 g/mol. The molecule has 0 saturated carbocycles. The van der Waals surface area contributed by atoms with E-state index in [1.54, 1.807) is 0 Å². The quantitative estimate of drug-likeness (QED) is 0.818. The first-order valence-corrected chi connectivity index (χ1v) is 7.38. The number of fused-ring (bicyclic) bond motifs is 1. The van der Waals surface area contributed by atoms with Gasteiger partial charge in [0.2, 0.25) is 0 Å². The molecule has 0 aromatic carbocycles. The molecule has 0 bridgehead atoms. The fourth-order valence-corrected chi connectivity index (χ4v) is 2.67. The fourth-order valence-electron chi connectivity index (χ4n) is 2.67. The van der Waals surface area contributed by atoms with Crippen LogP contribution in [-0.2, 0) is 19.3 Å². The molecule has 0 radical (unpaired) electrons. The van der Waals surface area contributed by atoms with E-state index in [4.69, 9.17) is 0 Å². The number of nitrogens with one attached hydrogen (secondary N) is 2. The predicted molar refractivity (Wildman–Crippen MR) is 78.8 cm³/mol. The third-order valence-electron chi connectivity index (χ3n) is 3.77. The molecule has 0 fully saturated rings. The standard InChI is InChI=1S/C15H18N6/c16-9-12-8-11-4-1-2-5-13(11)20-15(12)17-7-3-6-14-18-10-19-21-14/h8,10H,1-7H2,(H,17,20)(H,18,19,21). The first-order valence-electron chi connectivity index (χ1n) is 7.38. The molecular weight excluding hydrogens is 264 g/mol. The lowest BCUT2D eigenvalue weighted by Crippen LogP contribution is -2.12. The highest BCUT2D eigenvalue weighted by molar-refractivity contribution is 5.54. The lowest BCUT2D eigenvalue weighted by atomic mass is 9.95. The maximum absolute atomic E-state index is 9.27. The molecule has 0 spiro atoms. The minimum absolute atomic E-state index is 0.648. The summed E-state index contributed by atoms with van der Waals surface area (Å²) in [6.45, 7) is 0.765. The number of pyridine rings is 1. The Morgan fingerprint density at radius 3 is 3.05 bits per heavy atom. The van der Waals surface area contributed by atoms with Crippen LogP contribution in [0.1, 0.15) is 41.9 Å². The molecular formula is C15H18N6. The van der Waals surface area contributed by atoms with Gasteiger partial charge in [0.25, 0.3) is 0 Å². The fraction of sp³-hybridized carbons (Fsp3) is 0.467. The van der Waals surface area contributed by atoms with Gasteiger partial charge in [-0.2, -0.15) is 10.4 Å². The smallest absolute Gasteiger partial charge is 0.144 e. The third kappa shape index (κ3) is 3.19. The molecule has 1 aliphatic carbocycles. The van der Waals surface area contributed by atoms with Crippen LogP contribution < -0.4 is 5.32 Å². The zero-order valence-corrected chi connectivity index (χ0v) is 11.9. The van der Waals surface area contributed by atoms with Gasteiger partial charge in [0, 0.05) is 18.7 Å². The number of aromatic amines is 1. The van der Waals surface area contributed by atoms with Gasteiger partial charge in [-0.1, -0.05) is 0 Å². The van der Waals surface area contributed by atoms with Gasteiger partial charge >= 0.3 is 0 Å². The second kappa shape index (κ2) is 6.35. The molecule has 0 atom stereocenters. The normalized spacial score (nSPS) is 13.5. The predicted octanol–water partition coefficient (Wildman–Crippen LogP) is 1.99. The maximum Gasteiger partial charge on any atom is 0.144 e. The SMILES string of the molecule is N#Cc1cc2c(nc1NCCCc1ncn[nH]1)CCCC2. The summed E-state index contributed by atoms with van der Waals surface area (Å²) in [7, 11) is 0. The van der Waals surface area contributed by atoms with Gasteiger partial charge in [0.15, 0.2) is 0 Å². The summed E-state index contributed by atoms with van der Waals surface area (Å²) in [5.74, 6) is 1.60. The first kappa shape index (κ1) is 13.6. The minimum Gasteiger partial charge on any atom is -0.369 e. The molecule has 2 heterocycles. The number of hydrogen-bond donors (Lipinski definition) is 2. The number of aromatic nitrogens is 4. The van der Waals surface area contributed by atoms with Gasteiger partial charge in [-0.3, -0.25) is 5.10 Å². The molecule has 21 heavy (non-hydrogen) atoms.